The number of nitrogens with zero attached hydrogens (tertiary/aromatic N) is 2. The molecule has 0 aliphatic heterocycles. The minimum atomic E-state index is 0.525. The Morgan fingerprint density at radius 3 is 3.00 bits per heavy atom. The molecule has 0 aliphatic carbocycles. The first-order valence-corrected chi connectivity index (χ1v) is 6.84. The fraction of sp³-hybridized carbons (Fsp3) is 0.385. The van der Waals surface area contributed by atoms with Crippen LogP contribution in [0.2, 0.25) is 0 Å². The van der Waals surface area contributed by atoms with Crippen molar-refractivity contribution in [3.8, 4) is 10.7 Å². The van der Waals surface area contributed by atoms with Gasteiger partial charge < -0.3 is 4.84 Å². The molecular formula is C13H17N3OS. The first-order valence-electron chi connectivity index (χ1n) is 5.96. The molecule has 0 amide bonds. The number of hydrogen-bond donors (Lipinski definition) is 1. The van der Waals surface area contributed by atoms with Crippen molar-refractivity contribution in [2.75, 3.05) is 6.61 Å². The van der Waals surface area contributed by atoms with Gasteiger partial charge in [0.25, 0.3) is 0 Å². The molecule has 4 nitrogen and oxygen atoms in total. The molecule has 0 atom stereocenters. The van der Waals surface area contributed by atoms with E-state index in [1.54, 1.807) is 17.5 Å². The molecule has 0 bridgehead atoms. The normalized spacial score (nSPS) is 11.1. The SMILES string of the molecule is CC(C)CONCc1csc(-c2ccccn2)n1. The first kappa shape index (κ1) is 13.1. The van der Waals surface area contributed by atoms with Crippen LogP contribution in [-0.4, -0.2) is 16.6 Å². The van der Waals surface area contributed by atoms with Gasteiger partial charge in [-0.1, -0.05) is 19.9 Å². The summed E-state index contributed by atoms with van der Waals surface area (Å²) >= 11 is 1.60. The van der Waals surface area contributed by atoms with Crippen molar-refractivity contribution < 1.29 is 4.84 Å². The van der Waals surface area contributed by atoms with Crippen molar-refractivity contribution in [1.29, 1.82) is 0 Å². The van der Waals surface area contributed by atoms with Crippen molar-refractivity contribution in [3.05, 3.63) is 35.5 Å². The highest BCUT2D eigenvalue weighted by atomic mass is 32.1. The molecule has 2 aromatic heterocycles. The fourth-order valence-corrected chi connectivity index (χ4v) is 2.14. The number of thiazole rings is 1. The minimum Gasteiger partial charge on any atom is -0.301 e. The summed E-state index contributed by atoms with van der Waals surface area (Å²) in [4.78, 5) is 14.1. The van der Waals surface area contributed by atoms with Crippen molar-refractivity contribution >= 4 is 11.3 Å². The summed E-state index contributed by atoms with van der Waals surface area (Å²) in [6.07, 6.45) is 1.78. The lowest BCUT2D eigenvalue weighted by atomic mass is 10.2. The molecule has 0 aliphatic rings. The lowest BCUT2D eigenvalue weighted by Gasteiger charge is -2.06. The largest absolute Gasteiger partial charge is 0.301 e. The summed E-state index contributed by atoms with van der Waals surface area (Å²) in [7, 11) is 0. The maximum atomic E-state index is 5.31. The monoisotopic (exact) mass is 263 g/mol. The average molecular weight is 263 g/mol. The van der Waals surface area contributed by atoms with Gasteiger partial charge in [0.2, 0.25) is 0 Å². The molecule has 2 rings (SSSR count). The summed E-state index contributed by atoms with van der Waals surface area (Å²) in [6.45, 7) is 5.56. The van der Waals surface area contributed by atoms with Gasteiger partial charge in [-0.15, -0.1) is 11.3 Å². The van der Waals surface area contributed by atoms with E-state index in [0.29, 0.717) is 19.1 Å². The van der Waals surface area contributed by atoms with Crippen LogP contribution in [0.15, 0.2) is 29.8 Å². The maximum Gasteiger partial charge on any atom is 0.142 e. The van der Waals surface area contributed by atoms with Crippen LogP contribution in [0.3, 0.4) is 0 Å². The molecule has 0 unspecified atom stereocenters. The van der Waals surface area contributed by atoms with Crippen LogP contribution in [0.4, 0.5) is 0 Å². The Morgan fingerprint density at radius 2 is 2.28 bits per heavy atom. The maximum absolute atomic E-state index is 5.31. The predicted octanol–water partition coefficient (Wildman–Crippen LogP) is 2.88. The van der Waals surface area contributed by atoms with Gasteiger partial charge in [-0.25, -0.2) is 4.98 Å². The van der Waals surface area contributed by atoms with E-state index in [-0.39, 0.29) is 0 Å². The number of hydrogen-bond acceptors (Lipinski definition) is 5. The van der Waals surface area contributed by atoms with Crippen LogP contribution in [-0.2, 0) is 11.4 Å². The second-order valence-corrected chi connectivity index (χ2v) is 5.24. The van der Waals surface area contributed by atoms with Gasteiger partial charge in [0.15, 0.2) is 0 Å². The van der Waals surface area contributed by atoms with E-state index in [0.717, 1.165) is 16.4 Å². The van der Waals surface area contributed by atoms with Crippen LogP contribution in [0.5, 0.6) is 0 Å². The van der Waals surface area contributed by atoms with Crippen LogP contribution >= 0.6 is 11.3 Å². The Labute approximate surface area is 111 Å². The molecule has 0 spiro atoms. The van der Waals surface area contributed by atoms with Crippen LogP contribution in [0.25, 0.3) is 10.7 Å². The zero-order chi connectivity index (χ0) is 12.8. The molecule has 0 radical (unpaired) electrons. The van der Waals surface area contributed by atoms with E-state index in [9.17, 15) is 0 Å². The highest BCUT2D eigenvalue weighted by molar-refractivity contribution is 7.13. The topological polar surface area (TPSA) is 47.0 Å². The molecular weight excluding hydrogens is 246 g/mol. The van der Waals surface area contributed by atoms with Crippen molar-refractivity contribution in [2.24, 2.45) is 5.92 Å². The zero-order valence-corrected chi connectivity index (χ0v) is 11.4. The number of aromatic nitrogens is 2. The van der Waals surface area contributed by atoms with E-state index >= 15 is 0 Å². The Kier molecular flexibility index (Phi) is 4.81. The Hall–Kier alpha value is -1.30. The summed E-state index contributed by atoms with van der Waals surface area (Å²) in [6, 6.07) is 5.83. The molecule has 1 N–H and O–H groups in total. The Bertz CT molecular complexity index is 470. The third-order valence-corrected chi connectivity index (χ3v) is 3.12. The van der Waals surface area contributed by atoms with Crippen LogP contribution in [0.1, 0.15) is 19.5 Å². The second-order valence-electron chi connectivity index (χ2n) is 4.38. The van der Waals surface area contributed by atoms with Gasteiger partial charge in [0.05, 0.1) is 24.5 Å². The molecule has 2 aromatic rings. The summed E-state index contributed by atoms with van der Waals surface area (Å²) < 4.78 is 0. The molecule has 0 saturated heterocycles. The van der Waals surface area contributed by atoms with E-state index in [2.05, 4.69) is 29.3 Å². The Balaban J connectivity index is 1.87. The lowest BCUT2D eigenvalue weighted by molar-refractivity contribution is 0.0191. The first-order chi connectivity index (χ1) is 8.75. The lowest BCUT2D eigenvalue weighted by Crippen LogP contribution is -2.17. The molecule has 0 aromatic carbocycles. The van der Waals surface area contributed by atoms with Crippen molar-refractivity contribution in [1.82, 2.24) is 15.4 Å². The predicted molar refractivity (Wildman–Crippen MR) is 73.0 cm³/mol. The molecule has 0 saturated carbocycles. The summed E-state index contributed by atoms with van der Waals surface area (Å²) in [5.41, 5.74) is 4.81. The van der Waals surface area contributed by atoms with Crippen LogP contribution < -0.4 is 5.48 Å². The van der Waals surface area contributed by atoms with Crippen LogP contribution in [0, 0.1) is 5.92 Å². The van der Waals surface area contributed by atoms with Gasteiger partial charge in [0.1, 0.15) is 5.01 Å². The number of pyridine rings is 1. The quantitative estimate of drug-likeness (QED) is 0.643. The van der Waals surface area contributed by atoms with Gasteiger partial charge >= 0.3 is 0 Å². The van der Waals surface area contributed by atoms with Crippen molar-refractivity contribution in [2.45, 2.75) is 20.4 Å². The van der Waals surface area contributed by atoms with E-state index in [1.807, 2.05) is 23.6 Å². The zero-order valence-electron chi connectivity index (χ0n) is 10.6. The number of rotatable bonds is 6. The second kappa shape index (κ2) is 6.58. The highest BCUT2D eigenvalue weighted by Gasteiger charge is 2.05. The van der Waals surface area contributed by atoms with E-state index < -0.39 is 0 Å². The Morgan fingerprint density at radius 1 is 1.39 bits per heavy atom. The minimum absolute atomic E-state index is 0.525. The molecule has 96 valence electrons. The summed E-state index contributed by atoms with van der Waals surface area (Å²) in [5.74, 6) is 0.525. The van der Waals surface area contributed by atoms with Crippen molar-refractivity contribution in [3.63, 3.8) is 0 Å². The van der Waals surface area contributed by atoms with Gasteiger partial charge in [0, 0.05) is 11.6 Å². The highest BCUT2D eigenvalue weighted by Crippen LogP contribution is 2.21. The molecule has 2 heterocycles. The summed E-state index contributed by atoms with van der Waals surface area (Å²) in [5, 5.41) is 2.96. The fourth-order valence-electron chi connectivity index (χ4n) is 1.35. The standard InChI is InChI=1S/C13H17N3OS/c1-10(2)8-17-15-7-11-9-18-13(16-11)12-5-3-4-6-14-12/h3-6,9-10,15H,7-8H2,1-2H3. The molecule has 18 heavy (non-hydrogen) atoms. The third kappa shape index (κ3) is 3.87. The smallest absolute Gasteiger partial charge is 0.142 e. The molecule has 0 fully saturated rings. The number of nitrogens with one attached hydrogen (secondary N) is 1. The molecule has 5 heteroatoms. The average Bonchev–Trinajstić information content (AvgIpc) is 2.84. The van der Waals surface area contributed by atoms with E-state index in [4.69, 9.17) is 4.84 Å². The third-order valence-electron chi connectivity index (χ3n) is 2.21. The van der Waals surface area contributed by atoms with E-state index in [1.165, 1.54) is 0 Å². The number of hydroxylamine groups is 1. The van der Waals surface area contributed by atoms with Gasteiger partial charge in [-0.2, -0.15) is 5.48 Å². The van der Waals surface area contributed by atoms with Gasteiger partial charge in [-0.3, -0.25) is 4.98 Å². The van der Waals surface area contributed by atoms with Gasteiger partial charge in [-0.05, 0) is 18.1 Å².